The number of hydrogen-bond acceptors (Lipinski definition) is 2. The fourth-order valence-corrected chi connectivity index (χ4v) is 1.71. The normalized spacial score (nSPS) is 15.5. The second kappa shape index (κ2) is 3.50. The zero-order valence-electron chi connectivity index (χ0n) is 7.73. The van der Waals surface area contributed by atoms with Crippen molar-refractivity contribution in [1.82, 2.24) is 9.88 Å². The Kier molecular flexibility index (Phi) is 2.19. The summed E-state index contributed by atoms with van der Waals surface area (Å²) >= 11 is 0. The lowest BCUT2D eigenvalue weighted by molar-refractivity contribution is 0.0794. The maximum Gasteiger partial charge on any atom is 0.435 e. The van der Waals surface area contributed by atoms with Crippen LogP contribution in [0.1, 0.15) is 23.2 Å². The van der Waals surface area contributed by atoms with Gasteiger partial charge in [-0.3, -0.25) is 4.79 Å². The Hall–Kier alpha value is -1.83. The highest BCUT2D eigenvalue weighted by atomic mass is 16.2. The van der Waals surface area contributed by atoms with Gasteiger partial charge in [0.05, 0.1) is 11.6 Å². The second-order valence-electron chi connectivity index (χ2n) is 3.34. The number of carbonyl (C=O) groups is 1. The van der Waals surface area contributed by atoms with Crippen LogP contribution >= 0.6 is 0 Å². The minimum Gasteiger partial charge on any atom is -0.338 e. The van der Waals surface area contributed by atoms with E-state index < -0.39 is 0 Å². The smallest absolute Gasteiger partial charge is 0.338 e. The molecule has 0 aromatic carbocycles. The standard InChI is InChI=1S/C9H10N4O/c10-12-8-7(3-4-11-8)9(14)13-5-1-2-6-13/h3-4H,1-2,5-6H2/p+1. The van der Waals surface area contributed by atoms with Crippen molar-refractivity contribution >= 4 is 11.7 Å². The maximum absolute atomic E-state index is 11.8. The van der Waals surface area contributed by atoms with Crippen LogP contribution in [0.4, 0.5) is 5.82 Å². The van der Waals surface area contributed by atoms with Crippen LogP contribution in [0.5, 0.6) is 0 Å². The molecule has 0 aliphatic carbocycles. The number of aromatic nitrogens is 1. The summed E-state index contributed by atoms with van der Waals surface area (Å²) in [6, 6.07) is 1.63. The summed E-state index contributed by atoms with van der Waals surface area (Å²) in [6.07, 6.45) is 3.71. The summed E-state index contributed by atoms with van der Waals surface area (Å²) in [5.41, 5.74) is 0.439. The lowest BCUT2D eigenvalue weighted by Crippen LogP contribution is -2.27. The molecule has 5 nitrogen and oxygen atoms in total. The van der Waals surface area contributed by atoms with Gasteiger partial charge < -0.3 is 4.90 Å². The van der Waals surface area contributed by atoms with Gasteiger partial charge >= 0.3 is 5.82 Å². The number of nitrogens with one attached hydrogen (secondary N) is 1. The third-order valence-electron chi connectivity index (χ3n) is 2.45. The minimum absolute atomic E-state index is 0.0587. The van der Waals surface area contributed by atoms with Gasteiger partial charge in [0.1, 0.15) is 0 Å². The van der Waals surface area contributed by atoms with Crippen LogP contribution in [0.2, 0.25) is 0 Å². The van der Waals surface area contributed by atoms with E-state index in [1.807, 2.05) is 0 Å². The molecule has 72 valence electrons. The first kappa shape index (κ1) is 8.75. The highest BCUT2D eigenvalue weighted by molar-refractivity contribution is 5.99. The average molecular weight is 191 g/mol. The van der Waals surface area contributed by atoms with Crippen LogP contribution in [0.3, 0.4) is 0 Å². The van der Waals surface area contributed by atoms with Crippen LogP contribution in [0.25, 0.3) is 4.98 Å². The molecule has 1 saturated heterocycles. The zero-order chi connectivity index (χ0) is 9.97. The van der Waals surface area contributed by atoms with E-state index in [4.69, 9.17) is 5.39 Å². The quantitative estimate of drug-likeness (QED) is 0.687. The Balaban J connectivity index is 2.22. The summed E-state index contributed by atoms with van der Waals surface area (Å²) in [7, 11) is 0. The Labute approximate surface area is 81.3 Å². The number of carbonyl (C=O) groups excluding carboxylic acids is 1. The van der Waals surface area contributed by atoms with E-state index in [2.05, 4.69) is 9.96 Å². The number of diazo groups is 1. The van der Waals surface area contributed by atoms with Crippen molar-refractivity contribution in [2.45, 2.75) is 12.8 Å². The van der Waals surface area contributed by atoms with E-state index in [0.717, 1.165) is 25.9 Å². The predicted octanol–water partition coefficient (Wildman–Crippen LogP) is 1.74. The van der Waals surface area contributed by atoms with Crippen molar-refractivity contribution in [2.75, 3.05) is 13.1 Å². The molecule has 14 heavy (non-hydrogen) atoms. The number of amides is 1. The lowest BCUT2D eigenvalue weighted by atomic mass is 10.3. The molecular formula is C9H11N4O+. The molecule has 1 fully saturated rings. The average Bonchev–Trinajstić information content (AvgIpc) is 2.87. The summed E-state index contributed by atoms with van der Waals surface area (Å²) in [6.45, 7) is 1.60. The van der Waals surface area contributed by atoms with E-state index in [1.54, 1.807) is 17.2 Å². The highest BCUT2D eigenvalue weighted by Crippen LogP contribution is 2.20. The number of hydrogen-bond donors (Lipinski definition) is 1. The van der Waals surface area contributed by atoms with E-state index in [-0.39, 0.29) is 11.7 Å². The number of aromatic amines is 1. The first-order valence-corrected chi connectivity index (χ1v) is 4.64. The first-order valence-electron chi connectivity index (χ1n) is 4.64. The molecule has 1 aliphatic heterocycles. The minimum atomic E-state index is -0.0587. The molecular weight excluding hydrogens is 180 g/mol. The maximum atomic E-state index is 11.8. The highest BCUT2D eigenvalue weighted by Gasteiger charge is 2.26. The second-order valence-corrected chi connectivity index (χ2v) is 3.34. The summed E-state index contributed by atoms with van der Waals surface area (Å²) in [5, 5.41) is 8.62. The van der Waals surface area contributed by atoms with Gasteiger partial charge in [-0.2, -0.15) is 0 Å². The Morgan fingerprint density at radius 3 is 2.86 bits per heavy atom. The molecule has 1 aliphatic rings. The number of likely N-dealkylation sites (tertiary alicyclic amines) is 1. The fourth-order valence-electron chi connectivity index (χ4n) is 1.71. The largest absolute Gasteiger partial charge is 0.435 e. The van der Waals surface area contributed by atoms with Gasteiger partial charge in [-0.25, -0.2) is 4.98 Å². The Bertz CT molecular complexity index is 384. The molecule has 1 aromatic rings. The van der Waals surface area contributed by atoms with Crippen molar-refractivity contribution in [3.63, 3.8) is 0 Å². The van der Waals surface area contributed by atoms with Crippen LogP contribution in [-0.2, 0) is 0 Å². The molecule has 2 rings (SSSR count). The van der Waals surface area contributed by atoms with Gasteiger partial charge in [0.2, 0.25) is 0 Å². The Morgan fingerprint density at radius 2 is 2.21 bits per heavy atom. The third-order valence-corrected chi connectivity index (χ3v) is 2.45. The molecule has 0 unspecified atom stereocenters. The fraction of sp³-hybridized carbons (Fsp3) is 0.444. The van der Waals surface area contributed by atoms with Gasteiger partial charge in [0.15, 0.2) is 5.56 Å². The molecule has 2 heterocycles. The molecule has 0 radical (unpaired) electrons. The van der Waals surface area contributed by atoms with Crippen molar-refractivity contribution in [3.05, 3.63) is 22.8 Å². The molecule has 1 amide bonds. The van der Waals surface area contributed by atoms with Crippen LogP contribution in [-0.4, -0.2) is 28.9 Å². The van der Waals surface area contributed by atoms with Crippen molar-refractivity contribution in [2.24, 2.45) is 0 Å². The molecule has 0 atom stereocenters. The molecule has 1 N–H and O–H groups in total. The summed E-state index contributed by atoms with van der Waals surface area (Å²) in [5.74, 6) is 0.179. The van der Waals surface area contributed by atoms with E-state index in [9.17, 15) is 4.79 Å². The van der Waals surface area contributed by atoms with Gasteiger partial charge in [-0.05, 0) is 18.9 Å². The number of rotatable bonds is 1. The molecule has 5 heteroatoms. The van der Waals surface area contributed by atoms with Gasteiger partial charge in [0.25, 0.3) is 5.91 Å². The van der Waals surface area contributed by atoms with Crippen LogP contribution < -0.4 is 0 Å². The SMILES string of the molecule is N#[N+]c1[nH]ccc1C(=O)N1CCCC1. The predicted molar refractivity (Wildman–Crippen MR) is 50.7 cm³/mol. The molecule has 1 aromatic heterocycles. The number of nitrogens with zero attached hydrogens (tertiary/aromatic N) is 3. The molecule has 0 spiro atoms. The lowest BCUT2D eigenvalue weighted by Gasteiger charge is -2.12. The van der Waals surface area contributed by atoms with Crippen LogP contribution in [0, 0.1) is 5.39 Å². The zero-order valence-corrected chi connectivity index (χ0v) is 7.73. The monoisotopic (exact) mass is 191 g/mol. The Morgan fingerprint density at radius 1 is 1.50 bits per heavy atom. The van der Waals surface area contributed by atoms with E-state index >= 15 is 0 Å². The summed E-state index contributed by atoms with van der Waals surface area (Å²) < 4.78 is 0. The molecule has 0 bridgehead atoms. The summed E-state index contributed by atoms with van der Waals surface area (Å²) in [4.78, 5) is 19.3. The van der Waals surface area contributed by atoms with Crippen molar-refractivity contribution in [3.8, 4) is 0 Å². The van der Waals surface area contributed by atoms with Gasteiger partial charge in [0, 0.05) is 18.1 Å². The van der Waals surface area contributed by atoms with E-state index in [0.29, 0.717) is 5.56 Å². The third kappa shape index (κ3) is 1.35. The van der Waals surface area contributed by atoms with Gasteiger partial charge in [-0.15, -0.1) is 0 Å². The van der Waals surface area contributed by atoms with Gasteiger partial charge in [-0.1, -0.05) is 0 Å². The first-order chi connectivity index (χ1) is 6.83. The molecule has 0 saturated carbocycles. The number of H-pyrrole nitrogens is 1. The van der Waals surface area contributed by atoms with Crippen LogP contribution in [0.15, 0.2) is 12.3 Å². The van der Waals surface area contributed by atoms with Crippen molar-refractivity contribution < 1.29 is 4.79 Å². The topological polar surface area (TPSA) is 64.2 Å². The van der Waals surface area contributed by atoms with E-state index in [1.165, 1.54) is 0 Å². The van der Waals surface area contributed by atoms with Crippen molar-refractivity contribution in [1.29, 1.82) is 5.39 Å².